The molecule has 2 rings (SSSR count). The summed E-state index contributed by atoms with van der Waals surface area (Å²) in [5.74, 6) is -0.130. The van der Waals surface area contributed by atoms with E-state index in [2.05, 4.69) is 32.9 Å². The molecule has 0 unspecified atom stereocenters. The molecule has 0 saturated heterocycles. The van der Waals surface area contributed by atoms with Crippen molar-refractivity contribution in [2.45, 2.75) is 5.03 Å². The number of hydrogen-bond donors (Lipinski definition) is 1. The summed E-state index contributed by atoms with van der Waals surface area (Å²) in [5.41, 5.74) is 1.40. The van der Waals surface area contributed by atoms with Crippen LogP contribution in [0.1, 0.15) is 10.4 Å². The minimum Gasteiger partial charge on any atom is -0.322 e. The van der Waals surface area contributed by atoms with Crippen LogP contribution in [-0.4, -0.2) is 17.1 Å². The van der Waals surface area contributed by atoms with Gasteiger partial charge in [0.2, 0.25) is 0 Å². The number of aromatic nitrogens is 1. The van der Waals surface area contributed by atoms with E-state index in [1.54, 1.807) is 18.3 Å². The van der Waals surface area contributed by atoms with Gasteiger partial charge in [0.15, 0.2) is 0 Å². The van der Waals surface area contributed by atoms with Crippen LogP contribution in [0.3, 0.4) is 0 Å². The Bertz CT molecular complexity index is 574. The summed E-state index contributed by atoms with van der Waals surface area (Å²) in [6.07, 6.45) is 3.60. The van der Waals surface area contributed by atoms with Crippen molar-refractivity contribution in [2.24, 2.45) is 0 Å². The molecular weight excluding hydrogens is 359 g/mol. The van der Waals surface area contributed by atoms with Crippen LogP contribution in [0.2, 0.25) is 0 Å². The zero-order valence-corrected chi connectivity index (χ0v) is 12.7. The van der Waals surface area contributed by atoms with Crippen molar-refractivity contribution in [2.75, 3.05) is 11.6 Å². The van der Waals surface area contributed by atoms with E-state index in [0.29, 0.717) is 5.56 Å². The van der Waals surface area contributed by atoms with E-state index < -0.39 is 0 Å². The van der Waals surface area contributed by atoms with Crippen molar-refractivity contribution in [3.63, 3.8) is 0 Å². The molecule has 5 heteroatoms. The number of anilines is 1. The average molecular weight is 370 g/mol. The maximum absolute atomic E-state index is 12.1. The second-order valence-electron chi connectivity index (χ2n) is 3.52. The highest BCUT2D eigenvalue weighted by Crippen LogP contribution is 2.19. The number of nitrogens with zero attached hydrogens (tertiary/aromatic N) is 1. The second kappa shape index (κ2) is 6.19. The summed E-state index contributed by atoms with van der Waals surface area (Å²) in [5, 5.41) is 3.61. The Labute approximate surface area is 124 Å². The number of carbonyl (C=O) groups is 1. The zero-order chi connectivity index (χ0) is 13.0. The van der Waals surface area contributed by atoms with E-state index >= 15 is 0 Å². The Hall–Kier alpha value is -1.08. The number of benzene rings is 1. The third kappa shape index (κ3) is 3.23. The lowest BCUT2D eigenvalue weighted by molar-refractivity contribution is 0.102. The van der Waals surface area contributed by atoms with Gasteiger partial charge in [-0.3, -0.25) is 4.79 Å². The number of pyridine rings is 1. The molecule has 1 N–H and O–H groups in total. The first-order valence-electron chi connectivity index (χ1n) is 5.26. The molecule has 0 radical (unpaired) electrons. The van der Waals surface area contributed by atoms with Gasteiger partial charge in [-0.25, -0.2) is 4.98 Å². The van der Waals surface area contributed by atoms with Gasteiger partial charge in [-0.2, -0.15) is 0 Å². The number of carbonyl (C=O) groups excluding carboxylic acids is 1. The maximum Gasteiger partial charge on any atom is 0.258 e. The highest BCUT2D eigenvalue weighted by atomic mass is 127. The van der Waals surface area contributed by atoms with E-state index in [1.807, 2.05) is 30.5 Å². The molecule has 92 valence electrons. The summed E-state index contributed by atoms with van der Waals surface area (Å²) in [6.45, 7) is 0. The number of rotatable bonds is 3. The molecule has 3 nitrogen and oxygen atoms in total. The molecule has 0 bridgehead atoms. The molecule has 1 heterocycles. The number of amides is 1. The van der Waals surface area contributed by atoms with Crippen LogP contribution in [0.25, 0.3) is 0 Å². The number of nitrogens with one attached hydrogen (secondary N) is 1. The molecule has 1 aromatic heterocycles. The Kier molecular flexibility index (Phi) is 4.60. The average Bonchev–Trinajstić information content (AvgIpc) is 2.38. The van der Waals surface area contributed by atoms with Gasteiger partial charge in [-0.05, 0) is 59.2 Å². The van der Waals surface area contributed by atoms with Gasteiger partial charge in [0, 0.05) is 15.5 Å². The van der Waals surface area contributed by atoms with Crippen molar-refractivity contribution in [3.05, 3.63) is 51.7 Å². The standard InChI is InChI=1S/C13H11IN2OS/c1-18-13-11(6-3-7-15-13)12(17)16-10-5-2-4-9(14)8-10/h2-8H,1H3,(H,16,17). The first-order chi connectivity index (χ1) is 8.70. The Balaban J connectivity index is 2.22. The lowest BCUT2D eigenvalue weighted by Gasteiger charge is -2.07. The molecule has 0 atom stereocenters. The van der Waals surface area contributed by atoms with Crippen molar-refractivity contribution in [3.8, 4) is 0 Å². The van der Waals surface area contributed by atoms with E-state index in [1.165, 1.54) is 11.8 Å². The van der Waals surface area contributed by atoms with Crippen molar-refractivity contribution < 1.29 is 4.79 Å². The molecule has 0 fully saturated rings. The number of halogens is 1. The first-order valence-corrected chi connectivity index (χ1v) is 7.57. The smallest absolute Gasteiger partial charge is 0.258 e. The summed E-state index contributed by atoms with van der Waals surface area (Å²) in [6, 6.07) is 11.2. The van der Waals surface area contributed by atoms with Crippen LogP contribution < -0.4 is 5.32 Å². The number of hydrogen-bond acceptors (Lipinski definition) is 3. The lowest BCUT2D eigenvalue weighted by Crippen LogP contribution is -2.13. The van der Waals surface area contributed by atoms with Gasteiger partial charge in [0.1, 0.15) is 5.03 Å². The van der Waals surface area contributed by atoms with Gasteiger partial charge in [-0.15, -0.1) is 11.8 Å². The molecule has 1 amide bonds. The van der Waals surface area contributed by atoms with Gasteiger partial charge < -0.3 is 5.32 Å². The third-order valence-electron chi connectivity index (χ3n) is 2.29. The largest absolute Gasteiger partial charge is 0.322 e. The normalized spacial score (nSPS) is 10.1. The molecule has 0 aliphatic carbocycles. The van der Waals surface area contributed by atoms with Crippen LogP contribution >= 0.6 is 34.4 Å². The first kappa shape index (κ1) is 13.4. The van der Waals surface area contributed by atoms with Crippen LogP contribution in [-0.2, 0) is 0 Å². The zero-order valence-electron chi connectivity index (χ0n) is 9.68. The molecular formula is C13H11IN2OS. The topological polar surface area (TPSA) is 42.0 Å². The van der Waals surface area contributed by atoms with E-state index in [0.717, 1.165) is 14.3 Å². The molecule has 2 aromatic rings. The van der Waals surface area contributed by atoms with Gasteiger partial charge in [0.05, 0.1) is 5.56 Å². The van der Waals surface area contributed by atoms with Crippen LogP contribution in [0.5, 0.6) is 0 Å². The van der Waals surface area contributed by atoms with Crippen molar-refractivity contribution in [1.82, 2.24) is 4.98 Å². The van der Waals surface area contributed by atoms with Gasteiger partial charge >= 0.3 is 0 Å². The summed E-state index contributed by atoms with van der Waals surface area (Å²) in [4.78, 5) is 16.3. The molecule has 0 saturated carbocycles. The molecule has 0 aliphatic heterocycles. The fraction of sp³-hybridized carbons (Fsp3) is 0.0769. The van der Waals surface area contributed by atoms with E-state index in [4.69, 9.17) is 0 Å². The molecule has 0 aliphatic rings. The Morgan fingerprint density at radius 1 is 1.33 bits per heavy atom. The summed E-state index contributed by atoms with van der Waals surface area (Å²) >= 11 is 3.68. The molecule has 1 aromatic carbocycles. The second-order valence-corrected chi connectivity index (χ2v) is 5.57. The predicted octanol–water partition coefficient (Wildman–Crippen LogP) is 3.66. The highest BCUT2D eigenvalue weighted by molar-refractivity contribution is 14.1. The van der Waals surface area contributed by atoms with Crippen LogP contribution in [0.15, 0.2) is 47.6 Å². The minimum absolute atomic E-state index is 0.130. The monoisotopic (exact) mass is 370 g/mol. The minimum atomic E-state index is -0.130. The fourth-order valence-corrected chi connectivity index (χ4v) is 2.58. The lowest BCUT2D eigenvalue weighted by atomic mass is 10.2. The number of thioether (sulfide) groups is 1. The van der Waals surface area contributed by atoms with Gasteiger partial charge in [0.25, 0.3) is 5.91 Å². The molecule has 18 heavy (non-hydrogen) atoms. The van der Waals surface area contributed by atoms with Crippen LogP contribution in [0.4, 0.5) is 5.69 Å². The van der Waals surface area contributed by atoms with E-state index in [9.17, 15) is 4.79 Å². The Morgan fingerprint density at radius 3 is 2.89 bits per heavy atom. The third-order valence-corrected chi connectivity index (χ3v) is 3.67. The van der Waals surface area contributed by atoms with Crippen LogP contribution in [0, 0.1) is 3.57 Å². The SMILES string of the molecule is CSc1ncccc1C(=O)Nc1cccc(I)c1. The van der Waals surface area contributed by atoms with Gasteiger partial charge in [-0.1, -0.05) is 6.07 Å². The van der Waals surface area contributed by atoms with E-state index in [-0.39, 0.29) is 5.91 Å². The maximum atomic E-state index is 12.1. The summed E-state index contributed by atoms with van der Waals surface area (Å²) < 4.78 is 1.08. The van der Waals surface area contributed by atoms with Crippen molar-refractivity contribution >= 4 is 45.9 Å². The van der Waals surface area contributed by atoms with Crippen molar-refractivity contribution in [1.29, 1.82) is 0 Å². The fourth-order valence-electron chi connectivity index (χ4n) is 1.49. The predicted molar refractivity (Wildman–Crippen MR) is 83.1 cm³/mol. The molecule has 0 spiro atoms. The highest BCUT2D eigenvalue weighted by Gasteiger charge is 2.11. The Morgan fingerprint density at radius 2 is 2.17 bits per heavy atom. The quantitative estimate of drug-likeness (QED) is 0.662. The summed E-state index contributed by atoms with van der Waals surface area (Å²) in [7, 11) is 0.